The first-order valence-corrected chi connectivity index (χ1v) is 7.31. The van der Waals surface area contributed by atoms with Crippen LogP contribution in [-0.2, 0) is 9.84 Å². The maximum Gasteiger partial charge on any atom is 0.182 e. The summed E-state index contributed by atoms with van der Waals surface area (Å²) in [5.74, 6) is 0.963. The lowest BCUT2D eigenvalue weighted by atomic mass is 10.3. The van der Waals surface area contributed by atoms with Gasteiger partial charge in [0, 0.05) is 12.6 Å². The Bertz CT molecular complexity index is 521. The normalized spacial score (nSPS) is 19.8. The number of sulfone groups is 1. The van der Waals surface area contributed by atoms with Crippen LogP contribution in [-0.4, -0.2) is 41.0 Å². The number of hydrogen-bond donors (Lipinski definition) is 1. The number of rotatable bonds is 4. The van der Waals surface area contributed by atoms with Crippen LogP contribution in [0.4, 0.5) is 0 Å². The lowest BCUT2D eigenvalue weighted by Gasteiger charge is -2.13. The van der Waals surface area contributed by atoms with E-state index in [0.29, 0.717) is 24.5 Å². The quantitative estimate of drug-likeness (QED) is 0.879. The van der Waals surface area contributed by atoms with Crippen LogP contribution in [0.2, 0.25) is 0 Å². The Morgan fingerprint density at radius 3 is 2.50 bits per heavy atom. The van der Waals surface area contributed by atoms with Crippen molar-refractivity contribution in [2.24, 2.45) is 0 Å². The van der Waals surface area contributed by atoms with E-state index >= 15 is 0 Å². The Morgan fingerprint density at radius 2 is 1.94 bits per heavy atom. The van der Waals surface area contributed by atoms with E-state index in [2.05, 4.69) is 5.32 Å². The van der Waals surface area contributed by atoms with Crippen molar-refractivity contribution in [1.82, 2.24) is 5.32 Å². The third-order valence-corrected chi connectivity index (χ3v) is 5.33. The van der Waals surface area contributed by atoms with Gasteiger partial charge in [0.1, 0.15) is 0 Å². The van der Waals surface area contributed by atoms with Gasteiger partial charge in [0.25, 0.3) is 0 Å². The van der Waals surface area contributed by atoms with Crippen LogP contribution in [0.3, 0.4) is 0 Å². The summed E-state index contributed by atoms with van der Waals surface area (Å²) in [6.07, 6.45) is 0.649. The largest absolute Gasteiger partial charge is 0.493 e. The van der Waals surface area contributed by atoms with Crippen molar-refractivity contribution < 1.29 is 17.9 Å². The van der Waals surface area contributed by atoms with Crippen molar-refractivity contribution in [2.45, 2.75) is 16.6 Å². The maximum atomic E-state index is 12.4. The highest BCUT2D eigenvalue weighted by Crippen LogP contribution is 2.31. The topological polar surface area (TPSA) is 64.6 Å². The molecule has 0 aliphatic carbocycles. The lowest BCUT2D eigenvalue weighted by molar-refractivity contribution is 0.354. The van der Waals surface area contributed by atoms with Crippen molar-refractivity contribution in [1.29, 1.82) is 0 Å². The first kappa shape index (κ1) is 13.2. The molecule has 1 unspecified atom stereocenters. The number of ether oxygens (including phenoxy) is 2. The van der Waals surface area contributed by atoms with Crippen LogP contribution >= 0.6 is 0 Å². The maximum absolute atomic E-state index is 12.4. The van der Waals surface area contributed by atoms with Gasteiger partial charge in [-0.2, -0.15) is 0 Å². The molecule has 1 fully saturated rings. The highest BCUT2D eigenvalue weighted by molar-refractivity contribution is 7.92. The predicted octanol–water partition coefficient (Wildman–Crippen LogP) is 0.839. The Balaban J connectivity index is 2.38. The molecule has 100 valence electrons. The number of benzene rings is 1. The summed E-state index contributed by atoms with van der Waals surface area (Å²) in [6, 6.07) is 4.70. The van der Waals surface area contributed by atoms with Gasteiger partial charge in [0.2, 0.25) is 0 Å². The summed E-state index contributed by atoms with van der Waals surface area (Å²) >= 11 is 0. The van der Waals surface area contributed by atoms with E-state index in [0.717, 1.165) is 6.54 Å². The fourth-order valence-corrected chi connectivity index (χ4v) is 3.76. The fraction of sp³-hybridized carbons (Fsp3) is 0.500. The minimum atomic E-state index is -3.29. The minimum absolute atomic E-state index is 0.286. The van der Waals surface area contributed by atoms with Gasteiger partial charge in [-0.05, 0) is 25.1 Å². The third-order valence-electron chi connectivity index (χ3n) is 3.14. The Hall–Kier alpha value is -1.27. The van der Waals surface area contributed by atoms with Gasteiger partial charge in [-0.15, -0.1) is 0 Å². The van der Waals surface area contributed by atoms with Crippen molar-refractivity contribution >= 4 is 9.84 Å². The standard InChI is InChI=1S/C12H17NO4S/c1-16-11-4-3-9(7-12(11)17-2)18(14,15)10-5-6-13-8-10/h3-4,7,10,13H,5-6,8H2,1-2H3. The Labute approximate surface area is 107 Å². The van der Waals surface area contributed by atoms with E-state index in [4.69, 9.17) is 9.47 Å². The zero-order valence-electron chi connectivity index (χ0n) is 10.5. The van der Waals surface area contributed by atoms with Crippen molar-refractivity contribution in [3.63, 3.8) is 0 Å². The van der Waals surface area contributed by atoms with Crippen LogP contribution in [0.1, 0.15) is 6.42 Å². The predicted molar refractivity (Wildman–Crippen MR) is 68.0 cm³/mol. The molecule has 6 heteroatoms. The van der Waals surface area contributed by atoms with E-state index in [-0.39, 0.29) is 10.1 Å². The molecule has 2 rings (SSSR count). The molecule has 0 radical (unpaired) electrons. The SMILES string of the molecule is COc1ccc(S(=O)(=O)C2CCNC2)cc1OC. The average molecular weight is 271 g/mol. The third kappa shape index (κ3) is 2.30. The Morgan fingerprint density at radius 1 is 1.22 bits per heavy atom. The lowest BCUT2D eigenvalue weighted by Crippen LogP contribution is -2.24. The van der Waals surface area contributed by atoms with Crippen LogP contribution in [0.15, 0.2) is 23.1 Å². The second kappa shape index (κ2) is 5.16. The van der Waals surface area contributed by atoms with Crippen LogP contribution < -0.4 is 14.8 Å². The van der Waals surface area contributed by atoms with E-state index in [1.165, 1.54) is 20.3 Å². The second-order valence-corrected chi connectivity index (χ2v) is 6.40. The highest BCUT2D eigenvalue weighted by Gasteiger charge is 2.30. The van der Waals surface area contributed by atoms with Crippen LogP contribution in [0, 0.1) is 0 Å². The minimum Gasteiger partial charge on any atom is -0.493 e. The molecule has 18 heavy (non-hydrogen) atoms. The summed E-state index contributed by atoms with van der Waals surface area (Å²) < 4.78 is 35.0. The molecule has 1 atom stereocenters. The first-order chi connectivity index (χ1) is 8.59. The molecule has 5 nitrogen and oxygen atoms in total. The zero-order chi connectivity index (χ0) is 13.2. The molecular weight excluding hydrogens is 254 g/mol. The van der Waals surface area contributed by atoms with Crippen LogP contribution in [0.5, 0.6) is 11.5 Å². The molecule has 0 spiro atoms. The summed E-state index contributed by atoms with van der Waals surface area (Å²) in [4.78, 5) is 0.286. The molecule has 1 N–H and O–H groups in total. The van der Waals surface area contributed by atoms with Gasteiger partial charge in [-0.25, -0.2) is 8.42 Å². The number of nitrogens with one attached hydrogen (secondary N) is 1. The molecule has 1 saturated heterocycles. The summed E-state index contributed by atoms with van der Waals surface area (Å²) in [6.45, 7) is 1.26. The summed E-state index contributed by atoms with van der Waals surface area (Å²) in [7, 11) is -0.282. The van der Waals surface area contributed by atoms with Gasteiger partial charge in [0.05, 0.1) is 24.4 Å². The van der Waals surface area contributed by atoms with Crippen molar-refractivity contribution in [2.75, 3.05) is 27.3 Å². The van der Waals surface area contributed by atoms with Gasteiger partial charge in [-0.3, -0.25) is 0 Å². The van der Waals surface area contributed by atoms with Gasteiger partial charge in [-0.1, -0.05) is 0 Å². The number of methoxy groups -OCH3 is 2. The smallest absolute Gasteiger partial charge is 0.182 e. The van der Waals surface area contributed by atoms with Crippen molar-refractivity contribution in [3.05, 3.63) is 18.2 Å². The van der Waals surface area contributed by atoms with Gasteiger partial charge >= 0.3 is 0 Å². The molecule has 0 saturated carbocycles. The Kier molecular flexibility index (Phi) is 3.77. The summed E-state index contributed by atoms with van der Waals surface area (Å²) in [5, 5.41) is 2.71. The van der Waals surface area contributed by atoms with E-state index in [9.17, 15) is 8.42 Å². The number of hydrogen-bond acceptors (Lipinski definition) is 5. The average Bonchev–Trinajstić information content (AvgIpc) is 2.92. The van der Waals surface area contributed by atoms with E-state index < -0.39 is 9.84 Å². The van der Waals surface area contributed by atoms with E-state index in [1.54, 1.807) is 12.1 Å². The molecule has 0 aromatic heterocycles. The monoisotopic (exact) mass is 271 g/mol. The molecule has 0 bridgehead atoms. The summed E-state index contributed by atoms with van der Waals surface area (Å²) in [5.41, 5.74) is 0. The van der Waals surface area contributed by atoms with E-state index in [1.807, 2.05) is 0 Å². The molecular formula is C12H17NO4S. The van der Waals surface area contributed by atoms with Crippen molar-refractivity contribution in [3.8, 4) is 11.5 Å². The molecule has 1 aliphatic rings. The second-order valence-electron chi connectivity index (χ2n) is 4.18. The molecule has 1 aliphatic heterocycles. The molecule has 1 aromatic rings. The zero-order valence-corrected chi connectivity index (χ0v) is 11.3. The van der Waals surface area contributed by atoms with Crippen LogP contribution in [0.25, 0.3) is 0 Å². The van der Waals surface area contributed by atoms with Gasteiger partial charge in [0.15, 0.2) is 21.3 Å². The molecule has 0 amide bonds. The first-order valence-electron chi connectivity index (χ1n) is 5.76. The van der Waals surface area contributed by atoms with Gasteiger partial charge < -0.3 is 14.8 Å². The highest BCUT2D eigenvalue weighted by atomic mass is 32.2. The molecule has 1 heterocycles. The fourth-order valence-electron chi connectivity index (χ4n) is 2.08. The molecule has 1 aromatic carbocycles.